The summed E-state index contributed by atoms with van der Waals surface area (Å²) in [5.74, 6) is 1.00. The van der Waals surface area contributed by atoms with Crippen LogP contribution < -0.4 is 14.8 Å². The highest BCUT2D eigenvalue weighted by Crippen LogP contribution is 2.36. The predicted octanol–water partition coefficient (Wildman–Crippen LogP) is 5.13. The maximum atomic E-state index is 12.3. The van der Waals surface area contributed by atoms with E-state index in [1.165, 1.54) is 0 Å². The van der Waals surface area contributed by atoms with E-state index >= 15 is 0 Å². The molecule has 2 aromatic carbocycles. The van der Waals surface area contributed by atoms with E-state index in [9.17, 15) is 9.59 Å². The molecule has 0 saturated carbocycles. The molecule has 5 nitrogen and oxygen atoms in total. The molecule has 2 aromatic rings. The number of allylic oxidation sites excluding steroid dienone is 1. The van der Waals surface area contributed by atoms with E-state index in [4.69, 9.17) is 9.47 Å². The molecule has 0 atom stereocenters. The molecule has 0 spiro atoms. The SMILES string of the molecule is CCCOc1ccc(C2=C(C=O)C(=O)N/C2=C\c2ccc(OC)c(Br)c2)cc1Br. The Morgan fingerprint density at radius 2 is 1.79 bits per heavy atom. The molecule has 0 saturated heterocycles. The van der Waals surface area contributed by atoms with Gasteiger partial charge in [0.1, 0.15) is 11.5 Å². The van der Waals surface area contributed by atoms with Crippen molar-refractivity contribution in [3.05, 3.63) is 67.7 Å². The average Bonchev–Trinajstić information content (AvgIpc) is 3.02. The van der Waals surface area contributed by atoms with Crippen molar-refractivity contribution in [2.75, 3.05) is 13.7 Å². The van der Waals surface area contributed by atoms with Crippen molar-refractivity contribution in [3.63, 3.8) is 0 Å². The number of nitrogens with one attached hydrogen (secondary N) is 1. The van der Waals surface area contributed by atoms with Crippen LogP contribution in [0.25, 0.3) is 11.6 Å². The normalized spacial score (nSPS) is 14.9. The quantitative estimate of drug-likeness (QED) is 0.406. The van der Waals surface area contributed by atoms with Crippen molar-refractivity contribution in [1.29, 1.82) is 0 Å². The Bertz CT molecular complexity index is 1030. The highest BCUT2D eigenvalue weighted by molar-refractivity contribution is 9.10. The first-order chi connectivity index (χ1) is 14.0. The molecular formula is C22H19Br2NO4. The summed E-state index contributed by atoms with van der Waals surface area (Å²) >= 11 is 6.98. The van der Waals surface area contributed by atoms with Gasteiger partial charge in [-0.3, -0.25) is 9.59 Å². The summed E-state index contributed by atoms with van der Waals surface area (Å²) in [6.45, 7) is 2.64. The zero-order chi connectivity index (χ0) is 21.0. The molecule has 0 fully saturated rings. The molecule has 29 heavy (non-hydrogen) atoms. The smallest absolute Gasteiger partial charge is 0.259 e. The number of amides is 1. The largest absolute Gasteiger partial charge is 0.496 e. The molecule has 1 amide bonds. The van der Waals surface area contributed by atoms with Gasteiger partial charge in [-0.05, 0) is 79.7 Å². The van der Waals surface area contributed by atoms with Crippen LogP contribution in [0.15, 0.2) is 56.6 Å². The van der Waals surface area contributed by atoms with Crippen LogP contribution in [-0.4, -0.2) is 25.9 Å². The Morgan fingerprint density at radius 3 is 2.41 bits per heavy atom. The highest BCUT2D eigenvalue weighted by atomic mass is 79.9. The second kappa shape index (κ2) is 9.41. The molecule has 0 unspecified atom stereocenters. The summed E-state index contributed by atoms with van der Waals surface area (Å²) < 4.78 is 12.5. The van der Waals surface area contributed by atoms with Crippen LogP contribution in [0.4, 0.5) is 0 Å². The Labute approximate surface area is 186 Å². The van der Waals surface area contributed by atoms with E-state index in [0.29, 0.717) is 35.7 Å². The molecule has 0 bridgehead atoms. The third-order valence-electron chi connectivity index (χ3n) is 4.32. The molecular weight excluding hydrogens is 502 g/mol. The Hall–Kier alpha value is -2.38. The van der Waals surface area contributed by atoms with Crippen molar-refractivity contribution in [1.82, 2.24) is 5.32 Å². The van der Waals surface area contributed by atoms with Crippen molar-refractivity contribution in [2.24, 2.45) is 0 Å². The number of halogens is 2. The number of carbonyl (C=O) groups excluding carboxylic acids is 2. The zero-order valence-electron chi connectivity index (χ0n) is 15.9. The molecule has 0 radical (unpaired) electrons. The molecule has 1 N–H and O–H groups in total. The van der Waals surface area contributed by atoms with Gasteiger partial charge in [-0.15, -0.1) is 0 Å². The number of rotatable bonds is 7. The maximum absolute atomic E-state index is 12.3. The number of methoxy groups -OCH3 is 1. The number of hydrogen-bond donors (Lipinski definition) is 1. The Kier molecular flexibility index (Phi) is 6.92. The van der Waals surface area contributed by atoms with Gasteiger partial charge in [0.25, 0.3) is 5.91 Å². The second-order valence-electron chi connectivity index (χ2n) is 6.31. The van der Waals surface area contributed by atoms with Gasteiger partial charge in [0.15, 0.2) is 6.29 Å². The van der Waals surface area contributed by atoms with E-state index < -0.39 is 5.91 Å². The van der Waals surface area contributed by atoms with Crippen molar-refractivity contribution in [2.45, 2.75) is 13.3 Å². The summed E-state index contributed by atoms with van der Waals surface area (Å²) in [6.07, 6.45) is 3.31. The van der Waals surface area contributed by atoms with Crippen LogP contribution in [0, 0.1) is 0 Å². The van der Waals surface area contributed by atoms with Crippen molar-refractivity contribution >= 4 is 55.7 Å². The van der Waals surface area contributed by atoms with Crippen LogP contribution in [0.2, 0.25) is 0 Å². The highest BCUT2D eigenvalue weighted by Gasteiger charge is 2.28. The molecule has 7 heteroatoms. The minimum atomic E-state index is -0.420. The number of hydrogen-bond acceptors (Lipinski definition) is 4. The van der Waals surface area contributed by atoms with E-state index in [1.807, 2.05) is 49.4 Å². The fraction of sp³-hybridized carbons (Fsp3) is 0.182. The Balaban J connectivity index is 2.04. The van der Waals surface area contributed by atoms with Gasteiger partial charge >= 0.3 is 0 Å². The first-order valence-electron chi connectivity index (χ1n) is 8.97. The van der Waals surface area contributed by atoms with Crippen LogP contribution in [0.3, 0.4) is 0 Å². The molecule has 3 rings (SSSR count). The minimum Gasteiger partial charge on any atom is -0.496 e. The Morgan fingerprint density at radius 1 is 1.07 bits per heavy atom. The molecule has 0 aromatic heterocycles. The van der Waals surface area contributed by atoms with E-state index in [-0.39, 0.29) is 5.57 Å². The lowest BCUT2D eigenvalue weighted by Gasteiger charge is -2.11. The maximum Gasteiger partial charge on any atom is 0.259 e. The van der Waals surface area contributed by atoms with Crippen molar-refractivity contribution < 1.29 is 19.1 Å². The first kappa shape index (κ1) is 21.3. The average molecular weight is 521 g/mol. The van der Waals surface area contributed by atoms with Gasteiger partial charge < -0.3 is 14.8 Å². The lowest BCUT2D eigenvalue weighted by atomic mass is 9.99. The third kappa shape index (κ3) is 4.62. The zero-order valence-corrected chi connectivity index (χ0v) is 19.1. The lowest BCUT2D eigenvalue weighted by molar-refractivity contribution is -0.118. The number of benzene rings is 2. The number of ether oxygens (including phenoxy) is 2. The fourth-order valence-corrected chi connectivity index (χ4v) is 4.02. The summed E-state index contributed by atoms with van der Waals surface area (Å²) in [6, 6.07) is 11.1. The fourth-order valence-electron chi connectivity index (χ4n) is 2.97. The molecule has 1 aliphatic rings. The van der Waals surface area contributed by atoms with Crippen LogP contribution in [0.1, 0.15) is 24.5 Å². The topological polar surface area (TPSA) is 64.6 Å². The van der Waals surface area contributed by atoms with E-state index in [2.05, 4.69) is 37.2 Å². The molecule has 150 valence electrons. The summed E-state index contributed by atoms with van der Waals surface area (Å²) in [7, 11) is 1.60. The van der Waals surface area contributed by atoms with Gasteiger partial charge in [-0.25, -0.2) is 0 Å². The van der Waals surface area contributed by atoms with E-state index in [0.717, 1.165) is 26.5 Å². The summed E-state index contributed by atoms with van der Waals surface area (Å²) in [5, 5.41) is 2.79. The second-order valence-corrected chi connectivity index (χ2v) is 8.01. The lowest BCUT2D eigenvalue weighted by Crippen LogP contribution is -2.16. The van der Waals surface area contributed by atoms with Crippen LogP contribution in [0.5, 0.6) is 11.5 Å². The molecule has 1 heterocycles. The predicted molar refractivity (Wildman–Crippen MR) is 120 cm³/mol. The summed E-state index contributed by atoms with van der Waals surface area (Å²) in [5.41, 5.74) is 2.79. The van der Waals surface area contributed by atoms with Crippen LogP contribution >= 0.6 is 31.9 Å². The van der Waals surface area contributed by atoms with Gasteiger partial charge in [-0.2, -0.15) is 0 Å². The monoisotopic (exact) mass is 519 g/mol. The van der Waals surface area contributed by atoms with Gasteiger partial charge in [0.05, 0.1) is 33.9 Å². The minimum absolute atomic E-state index is 0.0953. The van der Waals surface area contributed by atoms with E-state index in [1.54, 1.807) is 7.11 Å². The first-order valence-corrected chi connectivity index (χ1v) is 10.6. The molecule has 1 aliphatic heterocycles. The third-order valence-corrected chi connectivity index (χ3v) is 5.56. The number of aldehydes is 1. The van der Waals surface area contributed by atoms with Crippen molar-refractivity contribution in [3.8, 4) is 11.5 Å². The van der Waals surface area contributed by atoms with Crippen LogP contribution in [-0.2, 0) is 9.59 Å². The molecule has 0 aliphatic carbocycles. The summed E-state index contributed by atoms with van der Waals surface area (Å²) in [4.78, 5) is 24.0. The standard InChI is InChI=1S/C22H19Br2NO4/c1-3-8-29-20-7-5-14(11-17(20)24)21-15(12-26)22(27)25-18(21)10-13-4-6-19(28-2)16(23)9-13/h4-7,9-12H,3,8H2,1-2H3,(H,25,27)/b18-10-. The number of carbonyl (C=O) groups is 2. The van der Waals surface area contributed by atoms with Gasteiger partial charge in [-0.1, -0.05) is 19.1 Å². The van der Waals surface area contributed by atoms with Gasteiger partial charge in [0, 0.05) is 5.57 Å². The van der Waals surface area contributed by atoms with Gasteiger partial charge in [0.2, 0.25) is 0 Å².